The van der Waals surface area contributed by atoms with Crippen LogP contribution in [0.5, 0.6) is 0 Å². The highest BCUT2D eigenvalue weighted by Gasteiger charge is 2.38. The Hall–Kier alpha value is -0.210. The zero-order chi connectivity index (χ0) is 12.5. The molecule has 0 saturated carbocycles. The van der Waals surface area contributed by atoms with Crippen LogP contribution in [0.4, 0.5) is 0 Å². The van der Waals surface area contributed by atoms with Gasteiger partial charge in [-0.05, 0) is 19.8 Å². The Morgan fingerprint density at radius 1 is 1.18 bits per heavy atom. The monoisotopic (exact) mass is 264 g/mol. The summed E-state index contributed by atoms with van der Waals surface area (Å²) in [5.41, 5.74) is -0.905. The molecule has 6 nitrogen and oxygen atoms in total. The number of rotatable bonds is 2. The lowest BCUT2D eigenvalue weighted by atomic mass is 9.97. The average molecular weight is 264 g/mol. The van der Waals surface area contributed by atoms with E-state index in [1.54, 1.807) is 6.92 Å². The van der Waals surface area contributed by atoms with Crippen molar-refractivity contribution in [2.45, 2.75) is 25.4 Å². The maximum absolute atomic E-state index is 12.3. The van der Waals surface area contributed by atoms with Crippen LogP contribution in [0.15, 0.2) is 0 Å². The Morgan fingerprint density at radius 2 is 1.82 bits per heavy atom. The van der Waals surface area contributed by atoms with Gasteiger partial charge in [0.05, 0.1) is 18.8 Å². The predicted molar refractivity (Wildman–Crippen MR) is 62.7 cm³/mol. The van der Waals surface area contributed by atoms with E-state index in [2.05, 4.69) is 0 Å². The van der Waals surface area contributed by atoms with Gasteiger partial charge in [0.25, 0.3) is 10.2 Å². The first-order valence-electron chi connectivity index (χ1n) is 5.97. The van der Waals surface area contributed by atoms with Crippen molar-refractivity contribution in [1.29, 1.82) is 0 Å². The van der Waals surface area contributed by atoms with E-state index in [1.165, 1.54) is 8.61 Å². The molecule has 2 aliphatic heterocycles. The fourth-order valence-electron chi connectivity index (χ4n) is 2.31. The van der Waals surface area contributed by atoms with Gasteiger partial charge >= 0.3 is 0 Å². The lowest BCUT2D eigenvalue weighted by Crippen LogP contribution is -2.55. The first-order chi connectivity index (χ1) is 7.92. The minimum absolute atomic E-state index is 0.187. The van der Waals surface area contributed by atoms with E-state index in [-0.39, 0.29) is 6.54 Å². The van der Waals surface area contributed by atoms with Crippen LogP contribution in [-0.2, 0) is 14.9 Å². The fourth-order valence-corrected chi connectivity index (χ4v) is 4.05. The molecule has 0 radical (unpaired) electrons. The number of piperidine rings is 1. The maximum Gasteiger partial charge on any atom is 0.282 e. The Balaban J connectivity index is 2.09. The van der Waals surface area contributed by atoms with Crippen LogP contribution in [0.3, 0.4) is 0 Å². The molecule has 2 rings (SSSR count). The Kier molecular flexibility index (Phi) is 3.74. The van der Waals surface area contributed by atoms with Gasteiger partial charge in [0.15, 0.2) is 0 Å². The number of aliphatic hydroxyl groups is 1. The van der Waals surface area contributed by atoms with Gasteiger partial charge < -0.3 is 9.84 Å². The van der Waals surface area contributed by atoms with Gasteiger partial charge in [-0.15, -0.1) is 0 Å². The molecular weight excluding hydrogens is 244 g/mol. The number of hydrogen-bond donors (Lipinski definition) is 1. The second kappa shape index (κ2) is 4.81. The van der Waals surface area contributed by atoms with Crippen LogP contribution >= 0.6 is 0 Å². The van der Waals surface area contributed by atoms with Crippen LogP contribution in [0, 0.1) is 0 Å². The van der Waals surface area contributed by atoms with Crippen LogP contribution in [-0.4, -0.2) is 67.1 Å². The third-order valence-electron chi connectivity index (χ3n) is 3.26. The molecule has 0 aromatic heterocycles. The highest BCUT2D eigenvalue weighted by atomic mass is 32.2. The molecule has 17 heavy (non-hydrogen) atoms. The van der Waals surface area contributed by atoms with E-state index in [0.717, 1.165) is 0 Å². The van der Waals surface area contributed by atoms with E-state index >= 15 is 0 Å². The molecule has 0 aromatic rings. The molecule has 2 heterocycles. The quantitative estimate of drug-likeness (QED) is 0.724. The summed E-state index contributed by atoms with van der Waals surface area (Å²) in [7, 11) is -3.43. The summed E-state index contributed by atoms with van der Waals surface area (Å²) in [6, 6.07) is 0. The molecule has 0 aliphatic carbocycles. The molecule has 7 heteroatoms. The molecule has 100 valence electrons. The van der Waals surface area contributed by atoms with Crippen molar-refractivity contribution in [2.75, 3.05) is 39.4 Å². The molecule has 0 bridgehead atoms. The molecule has 0 amide bonds. The summed E-state index contributed by atoms with van der Waals surface area (Å²) in [6.45, 7) is 4.07. The molecule has 1 unspecified atom stereocenters. The smallest absolute Gasteiger partial charge is 0.282 e. The normalized spacial score (nSPS) is 33.8. The zero-order valence-corrected chi connectivity index (χ0v) is 10.9. The molecule has 2 fully saturated rings. The zero-order valence-electron chi connectivity index (χ0n) is 10.1. The molecule has 2 saturated heterocycles. The summed E-state index contributed by atoms with van der Waals surface area (Å²) in [5.74, 6) is 0. The summed E-state index contributed by atoms with van der Waals surface area (Å²) in [5, 5.41) is 9.96. The summed E-state index contributed by atoms with van der Waals surface area (Å²) in [4.78, 5) is 0. The summed E-state index contributed by atoms with van der Waals surface area (Å²) < 4.78 is 32.6. The van der Waals surface area contributed by atoms with Crippen molar-refractivity contribution in [3.8, 4) is 0 Å². The van der Waals surface area contributed by atoms with Gasteiger partial charge in [-0.2, -0.15) is 17.0 Å². The Morgan fingerprint density at radius 3 is 2.41 bits per heavy atom. The Labute approximate surface area is 102 Å². The minimum atomic E-state index is -3.43. The third kappa shape index (κ3) is 2.97. The lowest BCUT2D eigenvalue weighted by molar-refractivity contribution is 0.00570. The van der Waals surface area contributed by atoms with E-state index in [4.69, 9.17) is 4.74 Å². The number of nitrogens with zero attached hydrogens (tertiary/aromatic N) is 2. The summed E-state index contributed by atoms with van der Waals surface area (Å²) in [6.07, 6.45) is 1.36. The third-order valence-corrected chi connectivity index (χ3v) is 5.24. The van der Waals surface area contributed by atoms with Gasteiger partial charge in [0.2, 0.25) is 0 Å². The Bertz CT molecular complexity index is 363. The summed E-state index contributed by atoms with van der Waals surface area (Å²) >= 11 is 0. The predicted octanol–water partition coefficient (Wildman–Crippen LogP) is -0.590. The number of β-amino-alcohol motifs (C(OH)–C–C–N with tert-alkyl or cyclic N) is 1. The van der Waals surface area contributed by atoms with Gasteiger partial charge in [-0.1, -0.05) is 0 Å². The first kappa shape index (κ1) is 13.2. The van der Waals surface area contributed by atoms with Crippen molar-refractivity contribution >= 4 is 10.2 Å². The molecule has 0 aromatic carbocycles. The SMILES string of the molecule is CC1(O)CCCN(S(=O)(=O)N2CCOCC2)C1. The highest BCUT2D eigenvalue weighted by Crippen LogP contribution is 2.24. The van der Waals surface area contributed by atoms with E-state index in [0.29, 0.717) is 45.7 Å². The number of morpholine rings is 1. The van der Waals surface area contributed by atoms with Gasteiger partial charge in [0, 0.05) is 26.2 Å². The van der Waals surface area contributed by atoms with E-state index in [1.807, 2.05) is 0 Å². The second-order valence-electron chi connectivity index (χ2n) is 4.95. The van der Waals surface area contributed by atoms with Crippen LogP contribution in [0.2, 0.25) is 0 Å². The average Bonchev–Trinajstić information content (AvgIpc) is 2.29. The van der Waals surface area contributed by atoms with Crippen LogP contribution in [0.1, 0.15) is 19.8 Å². The maximum atomic E-state index is 12.3. The highest BCUT2D eigenvalue weighted by molar-refractivity contribution is 7.86. The van der Waals surface area contributed by atoms with Crippen molar-refractivity contribution < 1.29 is 18.3 Å². The fraction of sp³-hybridized carbons (Fsp3) is 1.00. The van der Waals surface area contributed by atoms with Gasteiger partial charge in [0.1, 0.15) is 0 Å². The molecule has 2 aliphatic rings. The van der Waals surface area contributed by atoms with Crippen molar-refractivity contribution in [3.05, 3.63) is 0 Å². The largest absolute Gasteiger partial charge is 0.389 e. The van der Waals surface area contributed by atoms with E-state index < -0.39 is 15.8 Å². The molecule has 1 N–H and O–H groups in total. The van der Waals surface area contributed by atoms with Crippen LogP contribution in [0.25, 0.3) is 0 Å². The lowest BCUT2D eigenvalue weighted by Gasteiger charge is -2.39. The van der Waals surface area contributed by atoms with Crippen molar-refractivity contribution in [3.63, 3.8) is 0 Å². The van der Waals surface area contributed by atoms with Crippen molar-refractivity contribution in [1.82, 2.24) is 8.61 Å². The van der Waals surface area contributed by atoms with Crippen LogP contribution < -0.4 is 0 Å². The molecular formula is C10H20N2O4S. The standard InChI is InChI=1S/C10H20N2O4S/c1-10(13)3-2-4-12(9-10)17(14,15)11-5-7-16-8-6-11/h13H,2-9H2,1H3. The minimum Gasteiger partial charge on any atom is -0.389 e. The molecule has 0 spiro atoms. The number of hydrogen-bond acceptors (Lipinski definition) is 4. The second-order valence-corrected chi connectivity index (χ2v) is 6.88. The van der Waals surface area contributed by atoms with E-state index in [9.17, 15) is 13.5 Å². The molecule has 1 atom stereocenters. The first-order valence-corrected chi connectivity index (χ1v) is 7.37. The van der Waals surface area contributed by atoms with Gasteiger partial charge in [-0.25, -0.2) is 0 Å². The topological polar surface area (TPSA) is 70.1 Å². The van der Waals surface area contributed by atoms with Gasteiger partial charge in [-0.3, -0.25) is 0 Å². The number of ether oxygens (including phenoxy) is 1. The van der Waals surface area contributed by atoms with Crippen molar-refractivity contribution in [2.24, 2.45) is 0 Å².